The zero-order valence-electron chi connectivity index (χ0n) is 18.2. The fraction of sp³-hybridized carbons (Fsp3) is 0.250. The number of rotatable bonds is 6. The lowest BCUT2D eigenvalue weighted by atomic mass is 10.1. The first-order valence-corrected chi connectivity index (χ1v) is 10.7. The molecule has 0 bridgehead atoms. The molecule has 1 aliphatic rings. The van der Waals surface area contributed by atoms with Crippen LogP contribution in [0.3, 0.4) is 0 Å². The third-order valence-electron chi connectivity index (χ3n) is 5.52. The van der Waals surface area contributed by atoms with Crippen molar-refractivity contribution in [2.75, 3.05) is 20.3 Å². The van der Waals surface area contributed by atoms with Crippen LogP contribution in [0.4, 0.5) is 0 Å². The Balaban J connectivity index is 1.28. The minimum absolute atomic E-state index is 0.0517. The van der Waals surface area contributed by atoms with Crippen LogP contribution in [0.15, 0.2) is 59.5 Å². The summed E-state index contributed by atoms with van der Waals surface area (Å²) in [5.74, 6) is 1.82. The molecule has 1 aliphatic heterocycles. The molecular weight excluding hydrogens is 422 g/mol. The van der Waals surface area contributed by atoms with Gasteiger partial charge in [0.2, 0.25) is 5.91 Å². The molecule has 9 heteroatoms. The van der Waals surface area contributed by atoms with Crippen LogP contribution in [0.2, 0.25) is 0 Å². The summed E-state index contributed by atoms with van der Waals surface area (Å²) in [6, 6.07) is 15.2. The number of hydrogen-bond donors (Lipinski definition) is 1. The van der Waals surface area contributed by atoms with Crippen molar-refractivity contribution < 1.29 is 14.3 Å². The van der Waals surface area contributed by atoms with E-state index in [1.165, 1.54) is 6.20 Å². The summed E-state index contributed by atoms with van der Waals surface area (Å²) in [6.07, 6.45) is 2.04. The number of hydrogen-bond acceptors (Lipinski definition) is 6. The number of aromatic nitrogens is 4. The van der Waals surface area contributed by atoms with Gasteiger partial charge in [0.15, 0.2) is 17.1 Å². The van der Waals surface area contributed by atoms with Gasteiger partial charge < -0.3 is 19.4 Å². The van der Waals surface area contributed by atoms with Gasteiger partial charge in [-0.3, -0.25) is 9.59 Å². The zero-order chi connectivity index (χ0) is 22.8. The molecule has 0 spiro atoms. The molecule has 33 heavy (non-hydrogen) atoms. The molecule has 9 nitrogen and oxygen atoms in total. The van der Waals surface area contributed by atoms with Crippen LogP contribution in [-0.2, 0) is 17.8 Å². The minimum Gasteiger partial charge on any atom is -0.486 e. The van der Waals surface area contributed by atoms with Crippen LogP contribution < -0.4 is 15.0 Å². The molecular formula is C24H23N5O4. The number of ether oxygens (including phenoxy) is 2. The Hall–Kier alpha value is -4.14. The van der Waals surface area contributed by atoms with Gasteiger partial charge in [-0.05, 0) is 29.8 Å². The number of benzene rings is 2. The van der Waals surface area contributed by atoms with E-state index in [1.54, 1.807) is 16.6 Å². The second-order valence-corrected chi connectivity index (χ2v) is 7.87. The van der Waals surface area contributed by atoms with E-state index in [0.29, 0.717) is 48.8 Å². The quantitative estimate of drug-likeness (QED) is 0.489. The first-order valence-electron chi connectivity index (χ1n) is 10.7. The Kier molecular flexibility index (Phi) is 5.52. The number of H-pyrrole nitrogens is 1. The molecule has 1 amide bonds. The molecule has 0 saturated heterocycles. The van der Waals surface area contributed by atoms with Crippen LogP contribution in [0, 0.1) is 0 Å². The second-order valence-electron chi connectivity index (χ2n) is 7.87. The average molecular weight is 445 g/mol. The SMILES string of the molecule is CN(Cc1ccc2c(c1)OCCO2)C(=O)CCc1nc2c(cnn2-c2ccccc2)c(=O)[nH]1. The van der Waals surface area contributed by atoms with Gasteiger partial charge in [-0.1, -0.05) is 24.3 Å². The molecule has 3 heterocycles. The Labute approximate surface area is 189 Å². The summed E-state index contributed by atoms with van der Waals surface area (Å²) in [4.78, 5) is 34.2. The lowest BCUT2D eigenvalue weighted by Gasteiger charge is -2.21. The maximum atomic E-state index is 12.7. The van der Waals surface area contributed by atoms with Crippen molar-refractivity contribution in [3.05, 3.63) is 76.5 Å². The summed E-state index contributed by atoms with van der Waals surface area (Å²) in [7, 11) is 1.75. The van der Waals surface area contributed by atoms with E-state index in [1.807, 2.05) is 48.5 Å². The number of fused-ring (bicyclic) bond motifs is 2. The number of aryl methyl sites for hydroxylation is 1. The third-order valence-corrected chi connectivity index (χ3v) is 5.52. The standard InChI is InChI=1S/C24H23N5O4/c1-28(15-16-7-8-19-20(13-16)33-12-11-32-19)22(30)10-9-21-26-23-18(24(31)27-21)14-25-29(23)17-5-3-2-4-6-17/h2-8,13-14H,9-12,15H2,1H3,(H,26,27,31). The number of nitrogens with zero attached hydrogens (tertiary/aromatic N) is 4. The lowest BCUT2D eigenvalue weighted by molar-refractivity contribution is -0.130. The number of carbonyl (C=O) groups is 1. The molecule has 2 aromatic carbocycles. The average Bonchev–Trinajstić information content (AvgIpc) is 3.27. The molecule has 0 aliphatic carbocycles. The monoisotopic (exact) mass is 445 g/mol. The Bertz CT molecular complexity index is 1360. The van der Waals surface area contributed by atoms with E-state index >= 15 is 0 Å². The van der Waals surface area contributed by atoms with Crippen molar-refractivity contribution in [2.24, 2.45) is 0 Å². The maximum absolute atomic E-state index is 12.7. The van der Waals surface area contributed by atoms with Gasteiger partial charge in [0.1, 0.15) is 24.4 Å². The Morgan fingerprint density at radius 3 is 2.73 bits per heavy atom. The molecule has 0 saturated carbocycles. The first kappa shape index (κ1) is 20.7. The van der Waals surface area contributed by atoms with Crippen LogP contribution in [0.1, 0.15) is 17.8 Å². The van der Waals surface area contributed by atoms with E-state index in [0.717, 1.165) is 17.0 Å². The molecule has 168 valence electrons. The number of para-hydroxylation sites is 1. The molecule has 4 aromatic rings. The van der Waals surface area contributed by atoms with Gasteiger partial charge in [0.05, 0.1) is 11.9 Å². The summed E-state index contributed by atoms with van der Waals surface area (Å²) in [5.41, 5.74) is 1.97. The van der Waals surface area contributed by atoms with E-state index in [4.69, 9.17) is 9.47 Å². The van der Waals surface area contributed by atoms with E-state index < -0.39 is 0 Å². The normalized spacial score (nSPS) is 12.6. The van der Waals surface area contributed by atoms with Crippen molar-refractivity contribution in [1.82, 2.24) is 24.6 Å². The van der Waals surface area contributed by atoms with Gasteiger partial charge >= 0.3 is 0 Å². The van der Waals surface area contributed by atoms with E-state index in [-0.39, 0.29) is 17.9 Å². The van der Waals surface area contributed by atoms with Crippen molar-refractivity contribution in [2.45, 2.75) is 19.4 Å². The minimum atomic E-state index is -0.269. The fourth-order valence-corrected chi connectivity index (χ4v) is 3.80. The van der Waals surface area contributed by atoms with E-state index in [2.05, 4.69) is 15.1 Å². The van der Waals surface area contributed by atoms with Gasteiger partial charge in [-0.15, -0.1) is 0 Å². The highest BCUT2D eigenvalue weighted by molar-refractivity contribution is 5.77. The van der Waals surface area contributed by atoms with Crippen molar-refractivity contribution in [3.8, 4) is 17.2 Å². The second kappa shape index (κ2) is 8.78. The Morgan fingerprint density at radius 1 is 1.12 bits per heavy atom. The topological polar surface area (TPSA) is 102 Å². The van der Waals surface area contributed by atoms with Crippen molar-refractivity contribution >= 4 is 16.9 Å². The number of nitrogens with one attached hydrogen (secondary N) is 1. The van der Waals surface area contributed by atoms with Crippen molar-refractivity contribution in [1.29, 1.82) is 0 Å². The van der Waals surface area contributed by atoms with Gasteiger partial charge in [0.25, 0.3) is 5.56 Å². The predicted octanol–water partition coefficient (Wildman–Crippen LogP) is 2.47. The smallest absolute Gasteiger partial charge is 0.262 e. The summed E-state index contributed by atoms with van der Waals surface area (Å²) in [6.45, 7) is 1.50. The predicted molar refractivity (Wildman–Crippen MR) is 122 cm³/mol. The van der Waals surface area contributed by atoms with Crippen LogP contribution >= 0.6 is 0 Å². The molecule has 0 atom stereocenters. The van der Waals surface area contributed by atoms with Crippen molar-refractivity contribution in [3.63, 3.8) is 0 Å². The molecule has 0 unspecified atom stereocenters. The third kappa shape index (κ3) is 4.30. The number of amides is 1. The zero-order valence-corrected chi connectivity index (χ0v) is 18.2. The Morgan fingerprint density at radius 2 is 1.91 bits per heavy atom. The lowest BCUT2D eigenvalue weighted by Crippen LogP contribution is -2.27. The van der Waals surface area contributed by atoms with E-state index in [9.17, 15) is 9.59 Å². The number of carbonyl (C=O) groups excluding carboxylic acids is 1. The van der Waals surface area contributed by atoms with Gasteiger partial charge in [-0.25, -0.2) is 9.67 Å². The van der Waals surface area contributed by atoms with Crippen LogP contribution in [-0.4, -0.2) is 50.8 Å². The maximum Gasteiger partial charge on any atom is 0.262 e. The van der Waals surface area contributed by atoms with Gasteiger partial charge in [0, 0.05) is 26.4 Å². The summed E-state index contributed by atoms with van der Waals surface area (Å²) < 4.78 is 12.8. The summed E-state index contributed by atoms with van der Waals surface area (Å²) >= 11 is 0. The van der Waals surface area contributed by atoms with Crippen LogP contribution in [0.5, 0.6) is 11.5 Å². The first-order chi connectivity index (χ1) is 16.1. The largest absolute Gasteiger partial charge is 0.486 e. The highest BCUT2D eigenvalue weighted by atomic mass is 16.6. The highest BCUT2D eigenvalue weighted by Gasteiger charge is 2.16. The van der Waals surface area contributed by atoms with Gasteiger partial charge in [-0.2, -0.15) is 5.10 Å². The molecule has 0 radical (unpaired) electrons. The van der Waals surface area contributed by atoms with Crippen LogP contribution in [0.25, 0.3) is 16.7 Å². The molecule has 1 N–H and O–H groups in total. The molecule has 2 aromatic heterocycles. The summed E-state index contributed by atoms with van der Waals surface area (Å²) in [5, 5.41) is 4.72. The molecule has 5 rings (SSSR count). The highest BCUT2D eigenvalue weighted by Crippen LogP contribution is 2.31. The fourth-order valence-electron chi connectivity index (χ4n) is 3.80. The molecule has 0 fully saturated rings. The number of aromatic amines is 1.